The Morgan fingerprint density at radius 3 is 3.05 bits per heavy atom. The van der Waals surface area contributed by atoms with Crippen molar-refractivity contribution in [2.24, 2.45) is 0 Å². The fourth-order valence-electron chi connectivity index (χ4n) is 2.60. The summed E-state index contributed by atoms with van der Waals surface area (Å²) in [6, 6.07) is 8.55. The van der Waals surface area contributed by atoms with Gasteiger partial charge < -0.3 is 10.6 Å². The Morgan fingerprint density at radius 1 is 1.40 bits per heavy atom. The van der Waals surface area contributed by atoms with Crippen LogP contribution in [0.15, 0.2) is 29.6 Å². The van der Waals surface area contributed by atoms with E-state index in [1.54, 1.807) is 11.3 Å². The summed E-state index contributed by atoms with van der Waals surface area (Å²) in [6.45, 7) is 3.18. The summed E-state index contributed by atoms with van der Waals surface area (Å²) in [6.07, 6.45) is 2.18. The Kier molecular flexibility index (Phi) is 5.02. The molecule has 2 unspecified atom stereocenters. The van der Waals surface area contributed by atoms with Gasteiger partial charge in [0.25, 0.3) is 5.91 Å². The molecule has 108 valence electrons. The molecule has 2 atom stereocenters. The van der Waals surface area contributed by atoms with Gasteiger partial charge in [-0.1, -0.05) is 0 Å². The third-order valence-electron chi connectivity index (χ3n) is 3.79. The van der Waals surface area contributed by atoms with Crippen molar-refractivity contribution in [1.82, 2.24) is 10.6 Å². The topological polar surface area (TPSA) is 41.1 Å². The molecule has 1 aromatic heterocycles. The van der Waals surface area contributed by atoms with Crippen LogP contribution in [0.1, 0.15) is 30.1 Å². The lowest BCUT2D eigenvalue weighted by molar-refractivity contribution is 0.0920. The Labute approximate surface area is 129 Å². The Hall–Kier alpha value is -1.10. The van der Waals surface area contributed by atoms with E-state index in [9.17, 15) is 4.79 Å². The van der Waals surface area contributed by atoms with E-state index in [0.717, 1.165) is 30.3 Å². The van der Waals surface area contributed by atoms with Crippen LogP contribution < -0.4 is 10.6 Å². The first-order valence-electron chi connectivity index (χ1n) is 6.75. The van der Waals surface area contributed by atoms with Crippen LogP contribution in [-0.4, -0.2) is 24.5 Å². The Bertz CT molecular complexity index is 598. The molecule has 1 aliphatic rings. The van der Waals surface area contributed by atoms with E-state index in [2.05, 4.69) is 29.0 Å². The van der Waals surface area contributed by atoms with Crippen molar-refractivity contribution in [3.05, 3.63) is 35.2 Å². The second kappa shape index (κ2) is 6.57. The first-order valence-corrected chi connectivity index (χ1v) is 7.63. The summed E-state index contributed by atoms with van der Waals surface area (Å²) in [7, 11) is 0. The maximum atomic E-state index is 12.3. The molecule has 5 heteroatoms. The van der Waals surface area contributed by atoms with Gasteiger partial charge in [0.15, 0.2) is 0 Å². The van der Waals surface area contributed by atoms with E-state index < -0.39 is 0 Å². The fraction of sp³-hybridized carbons (Fsp3) is 0.400. The van der Waals surface area contributed by atoms with Crippen molar-refractivity contribution in [3.63, 3.8) is 0 Å². The lowest BCUT2D eigenvalue weighted by Crippen LogP contribution is -2.51. The molecule has 20 heavy (non-hydrogen) atoms. The monoisotopic (exact) mass is 310 g/mol. The van der Waals surface area contributed by atoms with Crippen molar-refractivity contribution in [1.29, 1.82) is 0 Å². The number of fused-ring (bicyclic) bond motifs is 1. The maximum absolute atomic E-state index is 12.3. The number of piperidine rings is 1. The van der Waals surface area contributed by atoms with Crippen molar-refractivity contribution in [3.8, 4) is 0 Å². The predicted octanol–water partition coefficient (Wildman–Crippen LogP) is 3.19. The average Bonchev–Trinajstić information content (AvgIpc) is 2.88. The molecule has 2 heterocycles. The molecule has 2 aromatic rings. The Balaban J connectivity index is 0.00000147. The minimum absolute atomic E-state index is 0. The number of benzene rings is 1. The van der Waals surface area contributed by atoms with Gasteiger partial charge in [0, 0.05) is 22.3 Å². The normalized spacial score (nSPS) is 22.2. The lowest BCUT2D eigenvalue weighted by atomic mass is 9.99. The standard InChI is InChI=1S/C15H18N2OS.ClH/c1-10-13(3-2-7-16-10)17-15(18)12-4-5-14-11(9-12)6-8-19-14;/h4-6,8-10,13,16H,2-3,7H2,1H3,(H,17,18);1H. The molecule has 1 aromatic carbocycles. The molecule has 0 aliphatic carbocycles. The van der Waals surface area contributed by atoms with Gasteiger partial charge in [-0.2, -0.15) is 0 Å². The van der Waals surface area contributed by atoms with Crippen LogP contribution in [0.3, 0.4) is 0 Å². The number of nitrogens with one attached hydrogen (secondary N) is 2. The first kappa shape index (κ1) is 15.3. The highest BCUT2D eigenvalue weighted by atomic mass is 35.5. The molecule has 1 saturated heterocycles. The molecule has 3 nitrogen and oxygen atoms in total. The third-order valence-corrected chi connectivity index (χ3v) is 4.69. The second-order valence-electron chi connectivity index (χ2n) is 5.14. The van der Waals surface area contributed by atoms with Crippen molar-refractivity contribution in [2.45, 2.75) is 31.8 Å². The quantitative estimate of drug-likeness (QED) is 0.894. The summed E-state index contributed by atoms with van der Waals surface area (Å²) in [5.74, 6) is 0.0358. The number of halogens is 1. The molecule has 3 rings (SSSR count). The third kappa shape index (κ3) is 3.14. The summed E-state index contributed by atoms with van der Waals surface area (Å²) in [5, 5.41) is 9.75. The van der Waals surface area contributed by atoms with E-state index in [1.165, 1.54) is 4.70 Å². The van der Waals surface area contributed by atoms with E-state index in [1.807, 2.05) is 18.2 Å². The number of hydrogen-bond donors (Lipinski definition) is 2. The van der Waals surface area contributed by atoms with Gasteiger partial charge in [-0.25, -0.2) is 0 Å². The SMILES string of the molecule is CC1NCCCC1NC(=O)c1ccc2sccc2c1.Cl. The van der Waals surface area contributed by atoms with Gasteiger partial charge in [-0.3, -0.25) is 4.79 Å². The van der Waals surface area contributed by atoms with Gasteiger partial charge in [0.2, 0.25) is 0 Å². The zero-order chi connectivity index (χ0) is 13.2. The minimum atomic E-state index is 0. The predicted molar refractivity (Wildman–Crippen MR) is 87.0 cm³/mol. The number of hydrogen-bond acceptors (Lipinski definition) is 3. The number of thiophene rings is 1. The summed E-state index contributed by atoms with van der Waals surface area (Å²) in [4.78, 5) is 12.3. The molecule has 2 N–H and O–H groups in total. The number of carbonyl (C=O) groups is 1. The minimum Gasteiger partial charge on any atom is -0.348 e. The van der Waals surface area contributed by atoms with E-state index >= 15 is 0 Å². The molecule has 0 spiro atoms. The smallest absolute Gasteiger partial charge is 0.251 e. The van der Waals surface area contributed by atoms with Crippen LogP contribution in [-0.2, 0) is 0 Å². The second-order valence-corrected chi connectivity index (χ2v) is 6.09. The molecule has 0 radical (unpaired) electrons. The number of carbonyl (C=O) groups excluding carboxylic acids is 1. The largest absolute Gasteiger partial charge is 0.348 e. The number of amides is 1. The molecular formula is C15H19ClN2OS. The summed E-state index contributed by atoms with van der Waals surface area (Å²) in [5.41, 5.74) is 0.753. The van der Waals surface area contributed by atoms with Crippen LogP contribution in [0.4, 0.5) is 0 Å². The van der Waals surface area contributed by atoms with E-state index in [-0.39, 0.29) is 24.4 Å². The fourth-order valence-corrected chi connectivity index (χ4v) is 3.37. The highest BCUT2D eigenvalue weighted by molar-refractivity contribution is 7.17. The average molecular weight is 311 g/mol. The van der Waals surface area contributed by atoms with Crippen molar-refractivity contribution >= 4 is 39.7 Å². The molecular weight excluding hydrogens is 292 g/mol. The molecule has 0 bridgehead atoms. The molecule has 1 fully saturated rings. The van der Waals surface area contributed by atoms with E-state index in [0.29, 0.717) is 6.04 Å². The summed E-state index contributed by atoms with van der Waals surface area (Å²) >= 11 is 1.70. The lowest BCUT2D eigenvalue weighted by Gasteiger charge is -2.30. The molecule has 0 saturated carbocycles. The van der Waals surface area contributed by atoms with Gasteiger partial charge in [0.1, 0.15) is 0 Å². The summed E-state index contributed by atoms with van der Waals surface area (Å²) < 4.78 is 1.23. The maximum Gasteiger partial charge on any atom is 0.251 e. The van der Waals surface area contributed by atoms with Crippen LogP contribution in [0, 0.1) is 0 Å². The molecule has 1 amide bonds. The van der Waals surface area contributed by atoms with Crippen LogP contribution >= 0.6 is 23.7 Å². The van der Waals surface area contributed by atoms with Crippen LogP contribution in [0.25, 0.3) is 10.1 Å². The van der Waals surface area contributed by atoms with Crippen molar-refractivity contribution < 1.29 is 4.79 Å². The van der Waals surface area contributed by atoms with Crippen LogP contribution in [0.2, 0.25) is 0 Å². The van der Waals surface area contributed by atoms with E-state index in [4.69, 9.17) is 0 Å². The Morgan fingerprint density at radius 2 is 2.25 bits per heavy atom. The van der Waals surface area contributed by atoms with Crippen molar-refractivity contribution in [2.75, 3.05) is 6.54 Å². The number of rotatable bonds is 2. The van der Waals surface area contributed by atoms with Gasteiger partial charge in [-0.15, -0.1) is 23.7 Å². The first-order chi connectivity index (χ1) is 9.24. The highest BCUT2D eigenvalue weighted by Gasteiger charge is 2.22. The highest BCUT2D eigenvalue weighted by Crippen LogP contribution is 2.22. The zero-order valence-corrected chi connectivity index (χ0v) is 13.0. The van der Waals surface area contributed by atoms with Gasteiger partial charge >= 0.3 is 0 Å². The molecule has 1 aliphatic heterocycles. The van der Waals surface area contributed by atoms with Crippen LogP contribution in [0.5, 0.6) is 0 Å². The van der Waals surface area contributed by atoms with Gasteiger partial charge in [0.05, 0.1) is 0 Å². The van der Waals surface area contributed by atoms with Gasteiger partial charge in [-0.05, 0) is 61.3 Å². The zero-order valence-electron chi connectivity index (χ0n) is 11.4.